The molecule has 0 saturated carbocycles. The average molecular weight is 340 g/mol. The molecule has 0 radical (unpaired) electrons. The van der Waals surface area contributed by atoms with Gasteiger partial charge in [-0.2, -0.15) is 4.73 Å². The van der Waals surface area contributed by atoms with Gasteiger partial charge in [0.05, 0.1) is 18.6 Å². The summed E-state index contributed by atoms with van der Waals surface area (Å²) < 4.78 is 6.15. The fourth-order valence-corrected chi connectivity index (χ4v) is 4.55. The minimum absolute atomic E-state index is 0.0897. The zero-order chi connectivity index (χ0) is 17.6. The summed E-state index contributed by atoms with van der Waals surface area (Å²) in [5.41, 5.74) is 1.35. The summed E-state index contributed by atoms with van der Waals surface area (Å²) in [6.45, 7) is 5.94. The Morgan fingerprint density at radius 1 is 1.44 bits per heavy atom. The van der Waals surface area contributed by atoms with Crippen LogP contribution >= 0.6 is 0 Å². The molecule has 5 rings (SSSR count). The Morgan fingerprint density at radius 3 is 2.96 bits per heavy atom. The summed E-state index contributed by atoms with van der Waals surface area (Å²) in [6.07, 6.45) is 5.06. The number of nitrogens with zero attached hydrogens (tertiary/aromatic N) is 2. The van der Waals surface area contributed by atoms with Crippen molar-refractivity contribution < 1.29 is 14.6 Å². The van der Waals surface area contributed by atoms with E-state index in [0.717, 1.165) is 35.2 Å². The predicted octanol–water partition coefficient (Wildman–Crippen LogP) is 2.41. The van der Waals surface area contributed by atoms with Crippen LogP contribution in [0.15, 0.2) is 43.1 Å². The number of piperidine rings is 3. The Labute approximate surface area is 147 Å². The second-order valence-corrected chi connectivity index (χ2v) is 7.17. The summed E-state index contributed by atoms with van der Waals surface area (Å²) in [5, 5.41) is 24.0. The topological polar surface area (TPSA) is 59.6 Å². The third-order valence-corrected chi connectivity index (χ3v) is 5.98. The smallest absolute Gasteiger partial charge is 0.224 e. The maximum absolute atomic E-state index is 12.1. The molecule has 2 unspecified atom stereocenters. The molecule has 4 heterocycles. The van der Waals surface area contributed by atoms with Crippen LogP contribution in [0.3, 0.4) is 0 Å². The van der Waals surface area contributed by atoms with Crippen LogP contribution in [-0.2, 0) is 0 Å². The van der Waals surface area contributed by atoms with E-state index < -0.39 is 6.10 Å². The molecule has 3 aliphatic rings. The van der Waals surface area contributed by atoms with Crippen LogP contribution in [0.1, 0.15) is 24.5 Å². The molecule has 3 fully saturated rings. The second kappa shape index (κ2) is 6.32. The molecule has 2 aromatic rings. The van der Waals surface area contributed by atoms with E-state index in [1.165, 1.54) is 12.6 Å². The maximum Gasteiger partial charge on any atom is 0.224 e. The van der Waals surface area contributed by atoms with Crippen LogP contribution in [-0.4, -0.2) is 36.2 Å². The minimum Gasteiger partial charge on any atom is -0.618 e. The van der Waals surface area contributed by atoms with Crippen molar-refractivity contribution in [3.63, 3.8) is 0 Å². The van der Waals surface area contributed by atoms with Crippen molar-refractivity contribution in [2.45, 2.75) is 25.0 Å². The molecule has 0 aliphatic carbocycles. The first-order chi connectivity index (χ1) is 12.1. The van der Waals surface area contributed by atoms with Crippen LogP contribution in [0.4, 0.5) is 0 Å². The number of aliphatic hydroxyl groups is 1. The number of ether oxygens (including phenoxy) is 1. The fraction of sp³-hybridized carbons (Fsp3) is 0.450. The van der Waals surface area contributed by atoms with Gasteiger partial charge in [-0.1, -0.05) is 6.08 Å². The van der Waals surface area contributed by atoms with Crippen LogP contribution in [0.2, 0.25) is 0 Å². The molecule has 3 saturated heterocycles. The molecule has 0 amide bonds. The summed E-state index contributed by atoms with van der Waals surface area (Å²) in [4.78, 5) is 2.38. The van der Waals surface area contributed by atoms with Crippen molar-refractivity contribution in [3.8, 4) is 5.75 Å². The van der Waals surface area contributed by atoms with Gasteiger partial charge in [-0.05, 0) is 43.4 Å². The third-order valence-electron chi connectivity index (χ3n) is 5.98. The van der Waals surface area contributed by atoms with E-state index in [4.69, 9.17) is 4.74 Å². The average Bonchev–Trinajstić information content (AvgIpc) is 2.67. The lowest BCUT2D eigenvalue weighted by Crippen LogP contribution is -2.54. The molecular formula is C20H24N2O3. The molecule has 5 nitrogen and oxygen atoms in total. The van der Waals surface area contributed by atoms with Crippen molar-refractivity contribution in [3.05, 3.63) is 53.9 Å². The first kappa shape index (κ1) is 16.4. The predicted molar refractivity (Wildman–Crippen MR) is 96.2 cm³/mol. The van der Waals surface area contributed by atoms with Gasteiger partial charge in [0.15, 0.2) is 6.20 Å². The van der Waals surface area contributed by atoms with Gasteiger partial charge in [0.2, 0.25) is 5.52 Å². The van der Waals surface area contributed by atoms with Gasteiger partial charge < -0.3 is 15.1 Å². The van der Waals surface area contributed by atoms with Crippen molar-refractivity contribution in [1.82, 2.24) is 4.90 Å². The van der Waals surface area contributed by atoms with E-state index in [1.807, 2.05) is 6.07 Å². The summed E-state index contributed by atoms with van der Waals surface area (Å²) >= 11 is 0. The SMILES string of the molecule is C=C[C@H]1CN2CCC1C[C@@H]2[C@H](O)c1cc[n+]([O-])c2ccc(OC)cc12. The molecule has 1 aromatic carbocycles. The van der Waals surface area contributed by atoms with Crippen LogP contribution in [0, 0.1) is 17.0 Å². The number of pyridine rings is 1. The van der Waals surface area contributed by atoms with Crippen LogP contribution < -0.4 is 9.47 Å². The van der Waals surface area contributed by atoms with E-state index >= 15 is 0 Å². The quantitative estimate of drug-likeness (QED) is 0.527. The Kier molecular flexibility index (Phi) is 4.13. The van der Waals surface area contributed by atoms with Crippen molar-refractivity contribution in [1.29, 1.82) is 0 Å². The lowest BCUT2D eigenvalue weighted by atomic mass is 9.73. The molecule has 5 atom stereocenters. The maximum atomic E-state index is 12.1. The molecule has 3 aliphatic heterocycles. The van der Waals surface area contributed by atoms with Gasteiger partial charge in [-0.25, -0.2) is 0 Å². The number of methoxy groups -OCH3 is 1. The van der Waals surface area contributed by atoms with Crippen molar-refractivity contribution in [2.24, 2.45) is 11.8 Å². The highest BCUT2D eigenvalue weighted by Crippen LogP contribution is 2.42. The van der Waals surface area contributed by atoms with Crippen LogP contribution in [0.5, 0.6) is 5.75 Å². The van der Waals surface area contributed by atoms with Gasteiger partial charge in [0, 0.05) is 30.3 Å². The molecule has 2 bridgehead atoms. The molecule has 132 valence electrons. The number of benzene rings is 1. The van der Waals surface area contributed by atoms with Gasteiger partial charge >= 0.3 is 0 Å². The largest absolute Gasteiger partial charge is 0.618 e. The monoisotopic (exact) mass is 340 g/mol. The minimum atomic E-state index is -0.621. The summed E-state index contributed by atoms with van der Waals surface area (Å²) in [6, 6.07) is 7.19. The Morgan fingerprint density at radius 2 is 2.28 bits per heavy atom. The van der Waals surface area contributed by atoms with Gasteiger partial charge in [0.25, 0.3) is 0 Å². The van der Waals surface area contributed by atoms with Gasteiger partial charge in [0.1, 0.15) is 5.75 Å². The highest BCUT2D eigenvalue weighted by Gasteiger charge is 2.42. The Hall–Kier alpha value is -2.11. The Balaban J connectivity index is 1.72. The number of hydrogen-bond acceptors (Lipinski definition) is 4. The second-order valence-electron chi connectivity index (χ2n) is 7.17. The summed E-state index contributed by atoms with van der Waals surface area (Å²) in [5.74, 6) is 1.80. The molecule has 5 heteroatoms. The summed E-state index contributed by atoms with van der Waals surface area (Å²) in [7, 11) is 1.60. The first-order valence-corrected chi connectivity index (χ1v) is 8.87. The zero-order valence-electron chi connectivity index (χ0n) is 14.5. The highest BCUT2D eigenvalue weighted by molar-refractivity contribution is 5.81. The fourth-order valence-electron chi connectivity index (χ4n) is 4.55. The van der Waals surface area contributed by atoms with Gasteiger partial charge in [-0.3, -0.25) is 4.90 Å². The molecule has 1 aromatic heterocycles. The molecule has 0 spiro atoms. The number of hydrogen-bond donors (Lipinski definition) is 1. The van der Waals surface area contributed by atoms with E-state index in [2.05, 4.69) is 17.6 Å². The molecule has 25 heavy (non-hydrogen) atoms. The van der Waals surface area contributed by atoms with E-state index in [-0.39, 0.29) is 6.04 Å². The van der Waals surface area contributed by atoms with Gasteiger partial charge in [-0.15, -0.1) is 6.58 Å². The van der Waals surface area contributed by atoms with E-state index in [0.29, 0.717) is 23.1 Å². The normalized spacial score (nSPS) is 29.5. The van der Waals surface area contributed by atoms with Crippen LogP contribution in [0.25, 0.3) is 10.9 Å². The molecular weight excluding hydrogens is 316 g/mol. The highest BCUT2D eigenvalue weighted by atomic mass is 16.5. The third kappa shape index (κ3) is 2.68. The number of aliphatic hydroxyl groups excluding tert-OH is 1. The Bertz CT molecular complexity index is 807. The number of fused-ring (bicyclic) bond motifs is 4. The lowest BCUT2D eigenvalue weighted by Gasteiger charge is -2.50. The van der Waals surface area contributed by atoms with Crippen molar-refractivity contribution >= 4 is 10.9 Å². The van der Waals surface area contributed by atoms with Crippen molar-refractivity contribution in [2.75, 3.05) is 20.2 Å². The molecule has 1 N–H and O–H groups in total. The lowest BCUT2D eigenvalue weighted by molar-refractivity contribution is -0.577. The first-order valence-electron chi connectivity index (χ1n) is 8.87. The van der Waals surface area contributed by atoms with E-state index in [1.54, 1.807) is 25.3 Å². The van der Waals surface area contributed by atoms with E-state index in [9.17, 15) is 10.3 Å². The standard InChI is InChI=1S/C20H24N2O3/c1-3-13-12-21-8-6-14(13)10-19(21)20(23)16-7-9-22(24)18-5-4-15(25-2)11-17(16)18/h3-5,7,9,11,13-14,19-20,23H,1,6,8,10,12H2,2H3/t13-,14?,19+,20+/m0/s1. The number of aromatic nitrogens is 1. The number of rotatable bonds is 4. The zero-order valence-corrected chi connectivity index (χ0v) is 14.5.